The second kappa shape index (κ2) is 7.83. The summed E-state index contributed by atoms with van der Waals surface area (Å²) in [6.45, 7) is 8.06. The summed E-state index contributed by atoms with van der Waals surface area (Å²) in [5, 5.41) is 0.994. The number of anilines is 1. The third-order valence-corrected chi connectivity index (χ3v) is 6.16. The van der Waals surface area contributed by atoms with Gasteiger partial charge in [-0.15, -0.1) is 0 Å². The van der Waals surface area contributed by atoms with Gasteiger partial charge in [0.05, 0.1) is 24.1 Å². The molecule has 2 aliphatic heterocycles. The highest BCUT2D eigenvalue weighted by Crippen LogP contribution is 2.35. The second-order valence-corrected chi connectivity index (χ2v) is 9.00. The number of fused-ring (bicyclic) bond motifs is 3. The number of piperazine rings is 1. The average molecular weight is 421 g/mol. The Morgan fingerprint density at radius 2 is 1.97 bits per heavy atom. The molecular formula is C23H28N6O2. The van der Waals surface area contributed by atoms with Crippen LogP contribution in [-0.4, -0.2) is 62.7 Å². The first-order chi connectivity index (χ1) is 15.0. The summed E-state index contributed by atoms with van der Waals surface area (Å²) < 4.78 is 5.53. The Morgan fingerprint density at radius 3 is 2.65 bits per heavy atom. The van der Waals surface area contributed by atoms with Crippen molar-refractivity contribution in [2.75, 3.05) is 24.6 Å². The Hall–Kier alpha value is -3.16. The maximum Gasteiger partial charge on any atom is 0.410 e. The van der Waals surface area contributed by atoms with E-state index in [1.807, 2.05) is 24.1 Å². The Morgan fingerprint density at radius 1 is 1.19 bits per heavy atom. The summed E-state index contributed by atoms with van der Waals surface area (Å²) in [4.78, 5) is 33.8. The molecule has 0 aromatic carbocycles. The lowest BCUT2D eigenvalue weighted by molar-refractivity contribution is 0.0704. The van der Waals surface area contributed by atoms with Crippen LogP contribution in [0, 0.1) is 12.8 Å². The molecule has 0 saturated carbocycles. The molecule has 8 heteroatoms. The SMILES string of the molecule is Cc1ccc(-c2cc3c(N4CC5CCC(C4)N5C(=O)OCC(C)C)ncnc3[nH]2)cn1. The van der Waals surface area contributed by atoms with Gasteiger partial charge in [0.15, 0.2) is 0 Å². The highest BCUT2D eigenvalue weighted by Gasteiger charge is 2.44. The largest absolute Gasteiger partial charge is 0.449 e. The van der Waals surface area contributed by atoms with Gasteiger partial charge in [0, 0.05) is 36.2 Å². The number of amides is 1. The van der Waals surface area contributed by atoms with Crippen LogP contribution < -0.4 is 4.90 Å². The van der Waals surface area contributed by atoms with Crippen LogP contribution in [0.4, 0.5) is 10.6 Å². The van der Waals surface area contributed by atoms with Gasteiger partial charge >= 0.3 is 6.09 Å². The summed E-state index contributed by atoms with van der Waals surface area (Å²) in [7, 11) is 0. The molecule has 1 amide bonds. The van der Waals surface area contributed by atoms with Gasteiger partial charge in [-0.2, -0.15) is 0 Å². The number of ether oxygens (including phenoxy) is 1. The molecular weight excluding hydrogens is 392 g/mol. The summed E-state index contributed by atoms with van der Waals surface area (Å²) in [6.07, 6.45) is 5.30. The van der Waals surface area contributed by atoms with Crippen LogP contribution in [0.25, 0.3) is 22.3 Å². The Kier molecular flexibility index (Phi) is 5.00. The number of hydrogen-bond donors (Lipinski definition) is 1. The standard InChI is InChI=1S/C23H28N6O2/c1-14(2)12-31-23(30)29-17-6-7-18(29)11-28(10-17)22-19-8-20(27-21(19)25-13-26-22)16-5-4-15(3)24-9-16/h4-5,8-9,13-14,17-18H,6-7,10-12H2,1-3H3,(H,25,26,27). The van der Waals surface area contributed by atoms with Crippen molar-refractivity contribution in [3.8, 4) is 11.3 Å². The minimum Gasteiger partial charge on any atom is -0.449 e. The van der Waals surface area contributed by atoms with Crippen molar-refractivity contribution in [1.82, 2.24) is 24.8 Å². The minimum atomic E-state index is -0.176. The molecule has 0 radical (unpaired) electrons. The smallest absolute Gasteiger partial charge is 0.410 e. The first-order valence-electron chi connectivity index (χ1n) is 11.0. The van der Waals surface area contributed by atoms with Crippen LogP contribution in [0.5, 0.6) is 0 Å². The lowest BCUT2D eigenvalue weighted by atomic mass is 10.1. The predicted molar refractivity (Wildman–Crippen MR) is 119 cm³/mol. The summed E-state index contributed by atoms with van der Waals surface area (Å²) in [6, 6.07) is 6.47. The molecule has 0 spiro atoms. The van der Waals surface area contributed by atoms with Crippen LogP contribution in [0.15, 0.2) is 30.7 Å². The molecule has 2 fully saturated rings. The van der Waals surface area contributed by atoms with Crippen molar-refractivity contribution in [2.24, 2.45) is 5.92 Å². The van der Waals surface area contributed by atoms with Crippen molar-refractivity contribution < 1.29 is 9.53 Å². The Labute approximate surface area is 181 Å². The molecule has 2 saturated heterocycles. The fourth-order valence-corrected chi connectivity index (χ4v) is 4.65. The van der Waals surface area contributed by atoms with Crippen LogP contribution in [0.3, 0.4) is 0 Å². The van der Waals surface area contributed by atoms with Crippen LogP contribution in [-0.2, 0) is 4.74 Å². The van der Waals surface area contributed by atoms with E-state index < -0.39 is 0 Å². The van der Waals surface area contributed by atoms with Crippen molar-refractivity contribution in [3.63, 3.8) is 0 Å². The normalized spacial score (nSPS) is 20.6. The zero-order chi connectivity index (χ0) is 21.5. The van der Waals surface area contributed by atoms with E-state index in [0.717, 1.165) is 59.7 Å². The fourth-order valence-electron chi connectivity index (χ4n) is 4.65. The van der Waals surface area contributed by atoms with E-state index in [1.54, 1.807) is 6.33 Å². The molecule has 5 heterocycles. The predicted octanol–water partition coefficient (Wildman–Crippen LogP) is 3.77. The monoisotopic (exact) mass is 420 g/mol. The second-order valence-electron chi connectivity index (χ2n) is 9.00. The van der Waals surface area contributed by atoms with Gasteiger partial charge in [-0.3, -0.25) is 9.88 Å². The first-order valence-corrected chi connectivity index (χ1v) is 11.0. The number of nitrogens with one attached hydrogen (secondary N) is 1. The maximum absolute atomic E-state index is 12.7. The zero-order valence-corrected chi connectivity index (χ0v) is 18.2. The van der Waals surface area contributed by atoms with Crippen molar-refractivity contribution in [3.05, 3.63) is 36.4 Å². The molecule has 2 aliphatic rings. The molecule has 162 valence electrons. The number of aromatic amines is 1. The molecule has 2 bridgehead atoms. The minimum absolute atomic E-state index is 0.156. The number of pyridine rings is 1. The summed E-state index contributed by atoms with van der Waals surface area (Å²) in [5.74, 6) is 1.25. The number of H-pyrrole nitrogens is 1. The molecule has 1 N–H and O–H groups in total. The lowest BCUT2D eigenvalue weighted by Crippen LogP contribution is -2.56. The van der Waals surface area contributed by atoms with Crippen molar-refractivity contribution in [2.45, 2.75) is 45.7 Å². The summed E-state index contributed by atoms with van der Waals surface area (Å²) in [5.41, 5.74) is 3.79. The van der Waals surface area contributed by atoms with Gasteiger partial charge in [0.25, 0.3) is 0 Å². The third-order valence-electron chi connectivity index (χ3n) is 6.16. The Balaban J connectivity index is 1.39. The molecule has 3 aromatic heterocycles. The van der Waals surface area contributed by atoms with Gasteiger partial charge in [0.1, 0.15) is 17.8 Å². The highest BCUT2D eigenvalue weighted by atomic mass is 16.6. The molecule has 2 atom stereocenters. The van der Waals surface area contributed by atoms with Crippen molar-refractivity contribution in [1.29, 1.82) is 0 Å². The van der Waals surface area contributed by atoms with Crippen LogP contribution in [0.1, 0.15) is 32.4 Å². The molecule has 8 nitrogen and oxygen atoms in total. The molecule has 0 aliphatic carbocycles. The van der Waals surface area contributed by atoms with E-state index in [0.29, 0.717) is 12.5 Å². The van der Waals surface area contributed by atoms with Crippen LogP contribution >= 0.6 is 0 Å². The molecule has 3 aromatic rings. The molecule has 2 unspecified atom stereocenters. The molecule has 5 rings (SSSR count). The zero-order valence-electron chi connectivity index (χ0n) is 18.2. The van der Waals surface area contributed by atoms with E-state index in [1.165, 1.54) is 0 Å². The number of hydrogen-bond acceptors (Lipinski definition) is 6. The highest BCUT2D eigenvalue weighted by molar-refractivity contribution is 5.92. The van der Waals surface area contributed by atoms with Gasteiger partial charge in [-0.25, -0.2) is 14.8 Å². The third kappa shape index (κ3) is 3.71. The number of aryl methyl sites for hydroxylation is 1. The fraction of sp³-hybridized carbons (Fsp3) is 0.478. The van der Waals surface area contributed by atoms with E-state index in [-0.39, 0.29) is 18.2 Å². The van der Waals surface area contributed by atoms with Gasteiger partial charge in [-0.05, 0) is 43.9 Å². The average Bonchev–Trinajstić information content (AvgIpc) is 3.30. The van der Waals surface area contributed by atoms with Gasteiger partial charge in [-0.1, -0.05) is 13.8 Å². The molecule has 31 heavy (non-hydrogen) atoms. The number of aromatic nitrogens is 4. The van der Waals surface area contributed by atoms with Crippen molar-refractivity contribution >= 4 is 22.9 Å². The first kappa shape index (κ1) is 19.8. The number of carbonyl (C=O) groups is 1. The lowest BCUT2D eigenvalue weighted by Gasteiger charge is -2.41. The van der Waals surface area contributed by atoms with E-state index in [2.05, 4.69) is 50.8 Å². The van der Waals surface area contributed by atoms with E-state index >= 15 is 0 Å². The quantitative estimate of drug-likeness (QED) is 0.691. The van der Waals surface area contributed by atoms with Gasteiger partial charge < -0.3 is 14.6 Å². The number of carbonyl (C=O) groups excluding carboxylic acids is 1. The van der Waals surface area contributed by atoms with E-state index in [9.17, 15) is 4.79 Å². The topological polar surface area (TPSA) is 87.2 Å². The number of nitrogens with zero attached hydrogens (tertiary/aromatic N) is 5. The van der Waals surface area contributed by atoms with Gasteiger partial charge in [0.2, 0.25) is 0 Å². The van der Waals surface area contributed by atoms with E-state index in [4.69, 9.17) is 4.74 Å². The maximum atomic E-state index is 12.7. The Bertz CT molecular complexity index is 1080. The summed E-state index contributed by atoms with van der Waals surface area (Å²) >= 11 is 0. The van der Waals surface area contributed by atoms with Crippen LogP contribution in [0.2, 0.25) is 0 Å². The number of rotatable bonds is 4.